The molecule has 0 aliphatic heterocycles. The van der Waals surface area contributed by atoms with Crippen molar-refractivity contribution in [2.45, 2.75) is 0 Å². The number of aromatic nitrogens is 1. The number of para-hydroxylation sites is 1. The van der Waals surface area contributed by atoms with Gasteiger partial charge in [-0.3, -0.25) is 4.79 Å². The maximum absolute atomic E-state index is 13.3. The van der Waals surface area contributed by atoms with Crippen molar-refractivity contribution in [3.8, 4) is 16.9 Å². The Hall–Kier alpha value is -3.81. The zero-order valence-corrected chi connectivity index (χ0v) is 22.9. The number of H-pyrrole nitrogens is 1. The molecule has 5 rings (SSSR count). The molecule has 39 heavy (non-hydrogen) atoms. The normalized spacial score (nSPS) is 11.2. The largest absolute Gasteiger partial charge is 0.422 e. The number of rotatable bonds is 6. The lowest BCUT2D eigenvalue weighted by atomic mass is 10.0. The van der Waals surface area contributed by atoms with Crippen LogP contribution in [0, 0.1) is 0 Å². The van der Waals surface area contributed by atoms with E-state index in [1.165, 1.54) is 6.21 Å². The summed E-state index contributed by atoms with van der Waals surface area (Å²) in [5, 5.41) is 6.42. The lowest BCUT2D eigenvalue weighted by Crippen LogP contribution is -2.19. The fourth-order valence-electron chi connectivity index (χ4n) is 3.99. The predicted octanol–water partition coefficient (Wildman–Crippen LogP) is 8.43. The molecule has 0 saturated heterocycles. The molecule has 1 heterocycles. The third kappa shape index (κ3) is 5.79. The average Bonchev–Trinajstić information content (AvgIpc) is 3.30. The number of hydrogen-bond acceptors (Lipinski definition) is 4. The molecule has 1 amide bonds. The molecule has 0 bridgehead atoms. The lowest BCUT2D eigenvalue weighted by Gasteiger charge is -2.08. The molecule has 0 saturated carbocycles. The van der Waals surface area contributed by atoms with Crippen LogP contribution in [0.15, 0.2) is 90.0 Å². The van der Waals surface area contributed by atoms with Gasteiger partial charge in [0, 0.05) is 42.7 Å². The SMILES string of the molecule is O=C(Oc1ccccc1C=NNC(=O)c1[nH]c2cc(Cl)cc(Cl)c2c1-c1ccccc1Cl)c1ccc(Cl)cc1. The van der Waals surface area contributed by atoms with E-state index in [1.54, 1.807) is 78.9 Å². The van der Waals surface area contributed by atoms with Gasteiger partial charge < -0.3 is 9.72 Å². The summed E-state index contributed by atoms with van der Waals surface area (Å²) in [5.41, 5.74) is 5.21. The first-order chi connectivity index (χ1) is 18.8. The van der Waals surface area contributed by atoms with Crippen LogP contribution >= 0.6 is 46.4 Å². The molecule has 194 valence electrons. The lowest BCUT2D eigenvalue weighted by molar-refractivity contribution is 0.0734. The molecule has 6 nitrogen and oxygen atoms in total. The molecule has 0 fully saturated rings. The van der Waals surface area contributed by atoms with E-state index in [4.69, 9.17) is 51.1 Å². The first kappa shape index (κ1) is 26.8. The smallest absolute Gasteiger partial charge is 0.343 e. The molecule has 0 aliphatic rings. The van der Waals surface area contributed by atoms with Gasteiger partial charge in [0.25, 0.3) is 5.91 Å². The molecular weight excluding hydrogens is 580 g/mol. The van der Waals surface area contributed by atoms with Gasteiger partial charge in [0.2, 0.25) is 0 Å². The molecule has 2 N–H and O–H groups in total. The topological polar surface area (TPSA) is 83.5 Å². The number of carbonyl (C=O) groups is 2. The average molecular weight is 597 g/mol. The van der Waals surface area contributed by atoms with E-state index in [0.717, 1.165) is 0 Å². The molecule has 0 atom stereocenters. The number of hydrazone groups is 1. The van der Waals surface area contributed by atoms with E-state index < -0.39 is 11.9 Å². The van der Waals surface area contributed by atoms with E-state index >= 15 is 0 Å². The molecule has 0 radical (unpaired) electrons. The van der Waals surface area contributed by atoms with E-state index in [2.05, 4.69) is 15.5 Å². The van der Waals surface area contributed by atoms with Crippen molar-refractivity contribution in [1.82, 2.24) is 10.4 Å². The third-order valence-electron chi connectivity index (χ3n) is 5.76. The van der Waals surface area contributed by atoms with Crippen LogP contribution in [-0.2, 0) is 0 Å². The Morgan fingerprint density at radius 1 is 0.821 bits per heavy atom. The second-order valence-electron chi connectivity index (χ2n) is 8.30. The molecular formula is C29H17Cl4N3O3. The van der Waals surface area contributed by atoms with E-state index in [-0.39, 0.29) is 11.4 Å². The summed E-state index contributed by atoms with van der Waals surface area (Å²) in [6, 6.07) is 23.5. The number of aromatic amines is 1. The van der Waals surface area contributed by atoms with Gasteiger partial charge in [0.05, 0.1) is 16.8 Å². The van der Waals surface area contributed by atoms with Crippen molar-refractivity contribution in [1.29, 1.82) is 0 Å². The maximum Gasteiger partial charge on any atom is 0.343 e. The van der Waals surface area contributed by atoms with E-state index in [1.807, 2.05) is 6.07 Å². The Morgan fingerprint density at radius 3 is 2.31 bits per heavy atom. The Kier molecular flexibility index (Phi) is 7.91. The molecule has 0 aliphatic carbocycles. The number of fused-ring (bicyclic) bond motifs is 1. The van der Waals surface area contributed by atoms with Crippen molar-refractivity contribution in [3.05, 3.63) is 122 Å². The summed E-state index contributed by atoms with van der Waals surface area (Å²) in [4.78, 5) is 29.0. The van der Waals surface area contributed by atoms with Gasteiger partial charge in [-0.2, -0.15) is 5.10 Å². The zero-order valence-electron chi connectivity index (χ0n) is 19.8. The highest BCUT2D eigenvalue weighted by atomic mass is 35.5. The number of amides is 1. The van der Waals surface area contributed by atoms with Crippen molar-refractivity contribution in [3.63, 3.8) is 0 Å². The maximum atomic E-state index is 13.3. The molecule has 10 heteroatoms. The number of carbonyl (C=O) groups excluding carboxylic acids is 2. The van der Waals surface area contributed by atoms with Gasteiger partial charge in [0.1, 0.15) is 11.4 Å². The highest BCUT2D eigenvalue weighted by Crippen LogP contribution is 2.41. The Bertz CT molecular complexity index is 1750. The van der Waals surface area contributed by atoms with Crippen LogP contribution < -0.4 is 10.2 Å². The first-order valence-corrected chi connectivity index (χ1v) is 13.0. The van der Waals surface area contributed by atoms with Crippen LogP contribution in [0.2, 0.25) is 20.1 Å². The summed E-state index contributed by atoms with van der Waals surface area (Å²) >= 11 is 25.1. The number of hydrogen-bond donors (Lipinski definition) is 2. The Morgan fingerprint density at radius 2 is 1.54 bits per heavy atom. The number of esters is 1. The number of nitrogens with one attached hydrogen (secondary N) is 2. The van der Waals surface area contributed by atoms with Crippen LogP contribution in [0.4, 0.5) is 0 Å². The molecule has 1 aromatic heterocycles. The van der Waals surface area contributed by atoms with Gasteiger partial charge >= 0.3 is 5.97 Å². The fourth-order valence-corrected chi connectivity index (χ4v) is 4.94. The molecule has 0 spiro atoms. The zero-order chi connectivity index (χ0) is 27.5. The quantitative estimate of drug-likeness (QED) is 0.0892. The second kappa shape index (κ2) is 11.5. The number of ether oxygens (including phenoxy) is 1. The van der Waals surface area contributed by atoms with Gasteiger partial charge in [-0.05, 0) is 54.6 Å². The highest BCUT2D eigenvalue weighted by molar-refractivity contribution is 6.41. The summed E-state index contributed by atoms with van der Waals surface area (Å²) in [6.07, 6.45) is 1.38. The van der Waals surface area contributed by atoms with E-state index in [0.29, 0.717) is 53.2 Å². The van der Waals surface area contributed by atoms with Crippen molar-refractivity contribution in [2.24, 2.45) is 5.10 Å². The number of nitrogens with zero attached hydrogens (tertiary/aromatic N) is 1. The predicted molar refractivity (Wildman–Crippen MR) is 157 cm³/mol. The molecule has 0 unspecified atom stereocenters. The van der Waals surface area contributed by atoms with Crippen LogP contribution in [-0.4, -0.2) is 23.1 Å². The van der Waals surface area contributed by atoms with Crippen molar-refractivity contribution in [2.75, 3.05) is 0 Å². The van der Waals surface area contributed by atoms with Crippen LogP contribution in [0.3, 0.4) is 0 Å². The van der Waals surface area contributed by atoms with E-state index in [9.17, 15) is 9.59 Å². The van der Waals surface area contributed by atoms with Gasteiger partial charge in [-0.15, -0.1) is 0 Å². The van der Waals surface area contributed by atoms with Crippen molar-refractivity contribution >= 4 is 75.4 Å². The Labute approximate surface area is 243 Å². The Balaban J connectivity index is 1.43. The third-order valence-corrected chi connectivity index (χ3v) is 6.85. The summed E-state index contributed by atoms with van der Waals surface area (Å²) in [6.45, 7) is 0. The first-order valence-electron chi connectivity index (χ1n) is 11.5. The van der Waals surface area contributed by atoms with Crippen LogP contribution in [0.25, 0.3) is 22.0 Å². The molecule has 4 aromatic carbocycles. The minimum Gasteiger partial charge on any atom is -0.422 e. The minimum absolute atomic E-state index is 0.196. The summed E-state index contributed by atoms with van der Waals surface area (Å²) in [5.74, 6) is -0.839. The summed E-state index contributed by atoms with van der Waals surface area (Å²) in [7, 11) is 0. The summed E-state index contributed by atoms with van der Waals surface area (Å²) < 4.78 is 5.53. The number of benzene rings is 4. The standard InChI is InChI=1S/C29H17Cl4N3O3/c30-18-11-9-16(10-12-18)29(38)39-24-8-4-1-5-17(24)15-34-36-28(37)27-25(20-6-2-3-7-21(20)32)26-22(33)13-19(31)14-23(26)35-27/h1-15,35H,(H,36,37). The minimum atomic E-state index is -0.561. The van der Waals surface area contributed by atoms with Gasteiger partial charge in [-0.1, -0.05) is 76.7 Å². The van der Waals surface area contributed by atoms with Crippen LogP contribution in [0.5, 0.6) is 5.75 Å². The van der Waals surface area contributed by atoms with Gasteiger partial charge in [-0.25, -0.2) is 10.2 Å². The monoisotopic (exact) mass is 595 g/mol. The van der Waals surface area contributed by atoms with Gasteiger partial charge in [0.15, 0.2) is 0 Å². The second-order valence-corrected chi connectivity index (χ2v) is 9.99. The fraction of sp³-hybridized carbons (Fsp3) is 0. The number of halogens is 4. The molecule has 5 aromatic rings. The highest BCUT2D eigenvalue weighted by Gasteiger charge is 2.23. The van der Waals surface area contributed by atoms with Crippen molar-refractivity contribution < 1.29 is 14.3 Å². The van der Waals surface area contributed by atoms with Crippen LogP contribution in [0.1, 0.15) is 26.4 Å².